The predicted molar refractivity (Wildman–Crippen MR) is 339 cm³/mol. The van der Waals surface area contributed by atoms with E-state index in [1.54, 1.807) is 34.0 Å². The van der Waals surface area contributed by atoms with Crippen LogP contribution in [-0.4, -0.2) is 164 Å². The van der Waals surface area contributed by atoms with Gasteiger partial charge < -0.3 is 58.3 Å². The molecule has 91 heavy (non-hydrogen) atoms. The van der Waals surface area contributed by atoms with Gasteiger partial charge in [-0.3, -0.25) is 34.1 Å². The Morgan fingerprint density at radius 2 is 1.63 bits per heavy atom. The highest BCUT2D eigenvalue weighted by Gasteiger charge is 2.64. The van der Waals surface area contributed by atoms with Crippen molar-refractivity contribution < 1.29 is 86.5 Å². The zero-order valence-electron chi connectivity index (χ0n) is 57.1. The number of Topliss-reactive ketones (excluding diaryl/α,β-unsaturated/α-hetero) is 2. The Hall–Kier alpha value is -5.22. The van der Waals surface area contributed by atoms with Gasteiger partial charge in [-0.25, -0.2) is 9.59 Å². The quantitative estimate of drug-likeness (QED) is 0.0218. The Labute approximate surface area is 540 Å². The highest BCUT2D eigenvalue weighted by atomic mass is 16.7. The van der Waals surface area contributed by atoms with Gasteiger partial charge in [-0.2, -0.15) is 0 Å². The number of nitrogens with zero attached hydrogens (tertiary/aromatic N) is 1. The van der Waals surface area contributed by atoms with Crippen molar-refractivity contribution in [3.05, 3.63) is 35.1 Å². The second-order valence-electron chi connectivity index (χ2n) is 28.2. The van der Waals surface area contributed by atoms with Gasteiger partial charge in [-0.1, -0.05) is 99.1 Å². The van der Waals surface area contributed by atoms with E-state index in [1.165, 1.54) is 31.6 Å². The Bertz CT molecular complexity index is 2620. The maximum atomic E-state index is 14.3. The van der Waals surface area contributed by atoms with Gasteiger partial charge in [-0.15, -0.1) is 0 Å². The number of nitrogens with one attached hydrogen (secondary N) is 2. The lowest BCUT2D eigenvalue weighted by Gasteiger charge is -2.43. The molecular formula is C70H111N3O18. The van der Waals surface area contributed by atoms with E-state index in [2.05, 4.69) is 44.4 Å². The van der Waals surface area contributed by atoms with Crippen molar-refractivity contribution in [2.45, 2.75) is 265 Å². The third-order valence-electron chi connectivity index (χ3n) is 21.2. The number of alkyl carbamates (subject to hydrolysis) is 1. The number of allylic oxidation sites excluding steroid dienone is 4. The SMILES string of the molecule is CCCC(C)(CC)C[C@H]1CC(=O)C(CCNC(=O)COC2CCCC/C=C/C2OC(=O)C(C)CCC(C)C(=O)OCCC(=O)N(C)[C@@H](C)C(=O)O[C@H]2CC(O)C(C)C3CC(=CC(OC)=C3C)CC(C)CCCC(OC)C3(O)C[C@H](OC(=O)N3)[C@@H](C)[C@@H]3O[C@@]23C)C1=O. The minimum absolute atomic E-state index is 0.00343. The molecule has 4 bridgehead atoms. The van der Waals surface area contributed by atoms with Crippen molar-refractivity contribution in [2.24, 2.45) is 52.8 Å². The number of aliphatic hydroxyl groups is 2. The summed E-state index contributed by atoms with van der Waals surface area (Å²) in [6.45, 7) is 20.8. The monoisotopic (exact) mass is 1280 g/mol. The van der Waals surface area contributed by atoms with Crippen LogP contribution in [0.1, 0.15) is 205 Å². The Morgan fingerprint density at radius 3 is 2.31 bits per heavy atom. The van der Waals surface area contributed by atoms with Crippen LogP contribution in [-0.2, 0) is 71.5 Å². The minimum atomic E-state index is -1.74. The van der Waals surface area contributed by atoms with E-state index >= 15 is 0 Å². The molecule has 4 N–H and O–H groups in total. The lowest BCUT2D eigenvalue weighted by molar-refractivity contribution is -0.164. The molecule has 2 aliphatic heterocycles. The number of carbonyl (C=O) groups excluding carboxylic acids is 8. The maximum absolute atomic E-state index is 14.3. The third-order valence-corrected chi connectivity index (χ3v) is 21.2. The number of esters is 3. The number of methoxy groups -OCH3 is 2. The van der Waals surface area contributed by atoms with E-state index in [9.17, 15) is 48.6 Å². The maximum Gasteiger partial charge on any atom is 0.409 e. The van der Waals surface area contributed by atoms with Crippen LogP contribution in [0.5, 0.6) is 0 Å². The van der Waals surface area contributed by atoms with Crippen LogP contribution in [0.2, 0.25) is 0 Å². The number of ketones is 2. The molecule has 6 aliphatic rings. The second kappa shape index (κ2) is 33.8. The smallest absolute Gasteiger partial charge is 0.409 e. The first-order valence-corrected chi connectivity index (χ1v) is 34.0. The lowest BCUT2D eigenvalue weighted by atomic mass is 9.73. The molecule has 4 fully saturated rings. The predicted octanol–water partition coefficient (Wildman–Crippen LogP) is 9.50. The summed E-state index contributed by atoms with van der Waals surface area (Å²) >= 11 is 0. The number of hydrogen-bond donors (Lipinski definition) is 4. The number of epoxide rings is 1. The average molecular weight is 1280 g/mol. The topological polar surface area (TPSA) is 281 Å². The number of likely N-dealkylation sites (N-methyl/N-ethyl adjacent to an activating group) is 1. The molecular weight excluding hydrogens is 1170 g/mol. The van der Waals surface area contributed by atoms with Crippen molar-refractivity contribution in [1.29, 1.82) is 0 Å². The van der Waals surface area contributed by atoms with Crippen molar-refractivity contribution in [3.63, 3.8) is 0 Å². The van der Waals surface area contributed by atoms with Crippen molar-refractivity contribution in [1.82, 2.24) is 15.5 Å². The Morgan fingerprint density at radius 1 is 0.912 bits per heavy atom. The van der Waals surface area contributed by atoms with Crippen molar-refractivity contribution in [3.8, 4) is 0 Å². The number of rotatable bonds is 25. The number of hydrogen-bond acceptors (Lipinski definition) is 18. The molecule has 2 heterocycles. The summed E-state index contributed by atoms with van der Waals surface area (Å²) in [7, 11) is 4.61. The molecule has 6 rings (SSSR count). The van der Waals surface area contributed by atoms with Crippen LogP contribution < -0.4 is 10.6 Å². The van der Waals surface area contributed by atoms with Gasteiger partial charge in [0.1, 0.15) is 66.6 Å². The van der Waals surface area contributed by atoms with Gasteiger partial charge in [0.25, 0.3) is 0 Å². The lowest BCUT2D eigenvalue weighted by Crippen LogP contribution is -2.64. The second-order valence-corrected chi connectivity index (χ2v) is 28.2. The third kappa shape index (κ3) is 19.9. The average Bonchev–Trinajstić information content (AvgIpc) is 1.59. The number of aliphatic hydroxyl groups excluding tert-OH is 1. The molecule has 12 unspecified atom stereocenters. The zero-order valence-corrected chi connectivity index (χ0v) is 57.1. The van der Waals surface area contributed by atoms with E-state index in [0.717, 1.165) is 69.1 Å². The van der Waals surface area contributed by atoms with Crippen molar-refractivity contribution >= 4 is 47.4 Å². The Kier molecular flexibility index (Phi) is 27.7. The highest BCUT2D eigenvalue weighted by Crippen LogP contribution is 2.50. The fraction of sp³-hybridized carbons (Fsp3) is 0.800. The van der Waals surface area contributed by atoms with E-state index in [-0.39, 0.29) is 105 Å². The first-order chi connectivity index (χ1) is 43.0. The zero-order chi connectivity index (χ0) is 67.1. The van der Waals surface area contributed by atoms with E-state index in [0.29, 0.717) is 25.7 Å². The molecule has 21 heteroatoms. The molecule has 3 amide bonds. The van der Waals surface area contributed by atoms with E-state index < -0.39 is 120 Å². The molecule has 0 aromatic heterocycles. The molecule has 0 aromatic carbocycles. The van der Waals surface area contributed by atoms with Gasteiger partial charge in [0.2, 0.25) is 11.8 Å². The molecule has 0 radical (unpaired) electrons. The van der Waals surface area contributed by atoms with E-state index in [4.69, 9.17) is 37.9 Å². The molecule has 4 aliphatic carbocycles. The van der Waals surface area contributed by atoms with Gasteiger partial charge in [0.15, 0.2) is 5.72 Å². The molecule has 19 atom stereocenters. The number of fused-ring (bicyclic) bond motifs is 5. The van der Waals surface area contributed by atoms with Crippen LogP contribution in [0.4, 0.5) is 4.79 Å². The van der Waals surface area contributed by atoms with Gasteiger partial charge in [-0.05, 0) is 132 Å². The van der Waals surface area contributed by atoms with E-state index in [1.807, 2.05) is 26.8 Å². The summed E-state index contributed by atoms with van der Waals surface area (Å²) in [5, 5.41) is 29.6. The number of ether oxygens (including phenoxy) is 8. The highest BCUT2D eigenvalue weighted by molar-refractivity contribution is 6.10. The summed E-state index contributed by atoms with van der Waals surface area (Å²) in [5.74, 6) is -4.94. The largest absolute Gasteiger partial charge is 0.497 e. The normalized spacial score (nSPS) is 33.6. The Balaban J connectivity index is 0.989. The minimum Gasteiger partial charge on any atom is -0.497 e. The molecule has 0 spiro atoms. The van der Waals surface area contributed by atoms with Crippen LogP contribution in [0.3, 0.4) is 0 Å². The summed E-state index contributed by atoms with van der Waals surface area (Å²) in [6, 6.07) is -1.12. The summed E-state index contributed by atoms with van der Waals surface area (Å²) in [6.07, 6.45) is 10.5. The molecule has 514 valence electrons. The first kappa shape index (κ1) is 74.8. The van der Waals surface area contributed by atoms with Crippen LogP contribution in [0.15, 0.2) is 35.1 Å². The van der Waals surface area contributed by atoms with Gasteiger partial charge >= 0.3 is 24.0 Å². The molecule has 21 nitrogen and oxygen atoms in total. The van der Waals surface area contributed by atoms with Crippen molar-refractivity contribution in [2.75, 3.05) is 41.0 Å². The molecule has 0 aromatic rings. The van der Waals surface area contributed by atoms with Crippen LogP contribution in [0.25, 0.3) is 0 Å². The molecule has 2 saturated carbocycles. The fourth-order valence-electron chi connectivity index (χ4n) is 14.5. The summed E-state index contributed by atoms with van der Waals surface area (Å²) in [5.41, 5.74) is -0.716. The van der Waals surface area contributed by atoms with Gasteiger partial charge in [0, 0.05) is 51.8 Å². The number of carbonyl (C=O) groups is 8. The summed E-state index contributed by atoms with van der Waals surface area (Å²) < 4.78 is 47.9. The van der Waals surface area contributed by atoms with Crippen LogP contribution >= 0.6 is 0 Å². The molecule has 2 saturated heterocycles. The first-order valence-electron chi connectivity index (χ1n) is 34.0. The summed E-state index contributed by atoms with van der Waals surface area (Å²) in [4.78, 5) is 108. The standard InChI is InChI=1S/C70H111N3O18/c1-15-30-68(10,16-2)38-49-36-53(75)50(62(49)78)28-31-71-60(76)40-87-54-23-19-17-18-20-24-55(54)88-65(80)43(5)27-26-42(4)64(79)86-32-29-61(77)73(12)47(9)66(81)90-59-37-52(74)44(6)51-34-48(35-56(84-13)45(51)7)33-41(3)22-21-25-58(85-14)70(83)39-57(89-67(82)72-70)46(8)63-69(59,11)91-63/h20,24,35,41-44,46-47,49-52,54-55,57-59,63,74,83H,15-19,21-23,25-34,36-40H2,1-14H3,(H,71,76)(H,72,82)/b24-20+/t41?,42?,43?,44?,46-,47+,49-,50?,51?,52?,54?,55?,57+,58?,59+,63+,68?,69+,70?/m1/s1. The van der Waals surface area contributed by atoms with Gasteiger partial charge in [0.05, 0.1) is 49.6 Å². The fourth-order valence-corrected chi connectivity index (χ4v) is 14.5. The number of amides is 3. The van der Waals surface area contributed by atoms with Crippen LogP contribution in [0, 0.1) is 52.8 Å².